The lowest BCUT2D eigenvalue weighted by atomic mass is 10.3. The number of nitrogens with two attached hydrogens (primary N) is 1. The highest BCUT2D eigenvalue weighted by molar-refractivity contribution is 8.00. The summed E-state index contributed by atoms with van der Waals surface area (Å²) in [5, 5.41) is 2.49. The van der Waals surface area contributed by atoms with E-state index in [0.717, 1.165) is 17.8 Å². The fourth-order valence-electron chi connectivity index (χ4n) is 1.55. The minimum absolute atomic E-state index is 0.0443. The molecule has 1 amide bonds. The number of amides is 1. The van der Waals surface area contributed by atoms with E-state index >= 15 is 0 Å². The van der Waals surface area contributed by atoms with Crippen LogP contribution in [0.25, 0.3) is 0 Å². The summed E-state index contributed by atoms with van der Waals surface area (Å²) in [6.07, 6.45) is 0. The van der Waals surface area contributed by atoms with Crippen LogP contribution >= 0.6 is 23.4 Å². The van der Waals surface area contributed by atoms with E-state index in [1.807, 2.05) is 0 Å². The van der Waals surface area contributed by atoms with E-state index < -0.39 is 11.6 Å². The van der Waals surface area contributed by atoms with E-state index in [1.165, 1.54) is 30.3 Å². The summed E-state index contributed by atoms with van der Waals surface area (Å²) in [5.74, 6) is -1.26. The average molecular weight is 329 g/mol. The molecule has 0 aliphatic carbocycles. The smallest absolute Gasteiger partial charge is 0.234 e. The number of hydrogen-bond acceptors (Lipinski definition) is 3. The summed E-state index contributed by atoms with van der Waals surface area (Å²) in [5.41, 5.74) is 6.48. The van der Waals surface area contributed by atoms with Crippen molar-refractivity contribution >= 4 is 40.6 Å². The topological polar surface area (TPSA) is 55.1 Å². The number of nitrogens with one attached hydrogen (secondary N) is 1. The molecule has 0 saturated heterocycles. The monoisotopic (exact) mass is 328 g/mol. The number of benzene rings is 2. The molecule has 0 unspecified atom stereocenters. The maximum absolute atomic E-state index is 13.1. The highest BCUT2D eigenvalue weighted by atomic mass is 35.5. The zero-order valence-corrected chi connectivity index (χ0v) is 12.3. The van der Waals surface area contributed by atoms with Crippen LogP contribution in [0.2, 0.25) is 5.02 Å². The third kappa shape index (κ3) is 4.34. The fourth-order valence-corrected chi connectivity index (χ4v) is 2.52. The maximum Gasteiger partial charge on any atom is 0.234 e. The molecule has 0 spiro atoms. The van der Waals surface area contributed by atoms with Gasteiger partial charge in [-0.1, -0.05) is 11.6 Å². The van der Waals surface area contributed by atoms with Gasteiger partial charge in [0.15, 0.2) is 0 Å². The largest absolute Gasteiger partial charge is 0.398 e. The van der Waals surface area contributed by atoms with Crippen molar-refractivity contribution in [2.45, 2.75) is 4.90 Å². The molecular weight excluding hydrogens is 318 g/mol. The molecular formula is C14H11ClF2N2OS. The number of thioether (sulfide) groups is 1. The van der Waals surface area contributed by atoms with Crippen LogP contribution in [-0.4, -0.2) is 11.7 Å². The van der Waals surface area contributed by atoms with Crippen molar-refractivity contribution in [1.82, 2.24) is 0 Å². The van der Waals surface area contributed by atoms with Crippen LogP contribution in [-0.2, 0) is 4.79 Å². The van der Waals surface area contributed by atoms with Crippen molar-refractivity contribution in [3.05, 3.63) is 53.1 Å². The van der Waals surface area contributed by atoms with Crippen molar-refractivity contribution in [3.63, 3.8) is 0 Å². The van der Waals surface area contributed by atoms with E-state index in [-0.39, 0.29) is 16.7 Å². The summed E-state index contributed by atoms with van der Waals surface area (Å²) in [4.78, 5) is 12.3. The minimum Gasteiger partial charge on any atom is -0.398 e. The molecule has 110 valence electrons. The predicted octanol–water partition coefficient (Wildman–Crippen LogP) is 3.93. The van der Waals surface area contributed by atoms with Gasteiger partial charge in [-0.2, -0.15) is 0 Å². The van der Waals surface area contributed by atoms with Crippen molar-refractivity contribution in [3.8, 4) is 0 Å². The number of anilines is 2. The van der Waals surface area contributed by atoms with E-state index in [1.54, 1.807) is 0 Å². The van der Waals surface area contributed by atoms with Gasteiger partial charge in [0.1, 0.15) is 11.6 Å². The molecule has 2 aromatic carbocycles. The Bertz CT molecular complexity index is 682. The SMILES string of the molecule is Nc1ccc(F)cc1SCC(=O)Nc1ccc(F)c(Cl)c1. The molecule has 2 rings (SSSR count). The summed E-state index contributed by atoms with van der Waals surface area (Å²) in [7, 11) is 0. The van der Waals surface area contributed by atoms with E-state index in [0.29, 0.717) is 16.3 Å². The fraction of sp³-hybridized carbons (Fsp3) is 0.0714. The molecule has 3 nitrogen and oxygen atoms in total. The predicted molar refractivity (Wildman–Crippen MR) is 81.6 cm³/mol. The highest BCUT2D eigenvalue weighted by Crippen LogP contribution is 2.26. The van der Waals surface area contributed by atoms with Crippen LogP contribution in [0.4, 0.5) is 20.2 Å². The number of carbonyl (C=O) groups excluding carboxylic acids is 1. The standard InChI is InChI=1S/C14H11ClF2N2OS/c15-10-6-9(2-3-11(10)17)19-14(20)7-21-13-5-8(16)1-4-12(13)18/h1-6H,7,18H2,(H,19,20). The summed E-state index contributed by atoms with van der Waals surface area (Å²) < 4.78 is 26.1. The molecule has 0 aromatic heterocycles. The Morgan fingerprint density at radius 2 is 2.00 bits per heavy atom. The third-order valence-corrected chi connectivity index (χ3v) is 3.90. The van der Waals surface area contributed by atoms with Gasteiger partial charge < -0.3 is 11.1 Å². The second-order valence-electron chi connectivity index (χ2n) is 4.15. The summed E-state index contributed by atoms with van der Waals surface area (Å²) in [6.45, 7) is 0. The molecule has 3 N–H and O–H groups in total. The van der Waals surface area contributed by atoms with Gasteiger partial charge in [-0.05, 0) is 36.4 Å². The lowest BCUT2D eigenvalue weighted by Crippen LogP contribution is -2.14. The quantitative estimate of drug-likeness (QED) is 0.660. The molecule has 0 aliphatic rings. The third-order valence-electron chi connectivity index (χ3n) is 2.54. The Labute approximate surface area is 129 Å². The Balaban J connectivity index is 1.95. The number of hydrogen-bond donors (Lipinski definition) is 2. The first-order valence-corrected chi connectivity index (χ1v) is 7.25. The Hall–Kier alpha value is -1.79. The molecule has 0 atom stereocenters. The minimum atomic E-state index is -0.559. The van der Waals surface area contributed by atoms with Crippen LogP contribution < -0.4 is 11.1 Å². The molecule has 2 aromatic rings. The van der Waals surface area contributed by atoms with Gasteiger partial charge in [0, 0.05) is 16.3 Å². The van der Waals surface area contributed by atoms with Gasteiger partial charge in [0.2, 0.25) is 5.91 Å². The molecule has 7 heteroatoms. The van der Waals surface area contributed by atoms with Crippen LogP contribution in [0.1, 0.15) is 0 Å². The average Bonchev–Trinajstić information content (AvgIpc) is 2.44. The van der Waals surface area contributed by atoms with Gasteiger partial charge in [-0.3, -0.25) is 4.79 Å². The van der Waals surface area contributed by atoms with Crippen molar-refractivity contribution in [2.24, 2.45) is 0 Å². The van der Waals surface area contributed by atoms with Gasteiger partial charge >= 0.3 is 0 Å². The second-order valence-corrected chi connectivity index (χ2v) is 5.57. The van der Waals surface area contributed by atoms with E-state index in [4.69, 9.17) is 17.3 Å². The lowest BCUT2D eigenvalue weighted by molar-refractivity contribution is -0.113. The molecule has 0 saturated carbocycles. The first kappa shape index (κ1) is 15.6. The van der Waals surface area contributed by atoms with Crippen molar-refractivity contribution in [1.29, 1.82) is 0 Å². The van der Waals surface area contributed by atoms with Gasteiger partial charge in [-0.15, -0.1) is 11.8 Å². The molecule has 0 heterocycles. The normalized spacial score (nSPS) is 10.4. The summed E-state index contributed by atoms with van der Waals surface area (Å²) in [6, 6.07) is 7.84. The molecule has 0 aliphatic heterocycles. The highest BCUT2D eigenvalue weighted by Gasteiger charge is 2.08. The van der Waals surface area contributed by atoms with Crippen LogP contribution in [0, 0.1) is 11.6 Å². The first-order chi connectivity index (χ1) is 9.95. The van der Waals surface area contributed by atoms with Crippen molar-refractivity contribution in [2.75, 3.05) is 16.8 Å². The van der Waals surface area contributed by atoms with E-state index in [2.05, 4.69) is 5.32 Å². The Morgan fingerprint density at radius 1 is 1.24 bits per heavy atom. The summed E-state index contributed by atoms with van der Waals surface area (Å²) >= 11 is 6.73. The lowest BCUT2D eigenvalue weighted by Gasteiger charge is -2.07. The zero-order valence-electron chi connectivity index (χ0n) is 10.7. The first-order valence-electron chi connectivity index (χ1n) is 5.88. The van der Waals surface area contributed by atoms with Crippen LogP contribution in [0.3, 0.4) is 0 Å². The number of rotatable bonds is 4. The van der Waals surface area contributed by atoms with Crippen LogP contribution in [0.5, 0.6) is 0 Å². The number of halogens is 3. The molecule has 21 heavy (non-hydrogen) atoms. The van der Waals surface area contributed by atoms with Gasteiger partial charge in [0.25, 0.3) is 0 Å². The molecule has 0 fully saturated rings. The Morgan fingerprint density at radius 3 is 2.71 bits per heavy atom. The van der Waals surface area contributed by atoms with Crippen LogP contribution in [0.15, 0.2) is 41.3 Å². The maximum atomic E-state index is 13.1. The van der Waals surface area contributed by atoms with Crippen molar-refractivity contribution < 1.29 is 13.6 Å². The van der Waals surface area contributed by atoms with Gasteiger partial charge in [-0.25, -0.2) is 8.78 Å². The molecule has 0 radical (unpaired) electrons. The zero-order chi connectivity index (χ0) is 15.4. The van der Waals surface area contributed by atoms with E-state index in [9.17, 15) is 13.6 Å². The second kappa shape index (κ2) is 6.78. The van der Waals surface area contributed by atoms with Gasteiger partial charge in [0.05, 0.1) is 10.8 Å². The Kier molecular flexibility index (Phi) is 5.03. The molecule has 0 bridgehead atoms. The number of carbonyl (C=O) groups is 1. The number of nitrogen functional groups attached to an aromatic ring is 1.